The number of nitrogens with one attached hydrogen (secondary N) is 1. The minimum absolute atomic E-state index is 0.0434. The molecule has 142 valence electrons. The molecule has 28 heavy (non-hydrogen) atoms. The summed E-state index contributed by atoms with van der Waals surface area (Å²) in [5, 5.41) is 0.742. The van der Waals surface area contributed by atoms with Crippen molar-refractivity contribution in [1.82, 2.24) is 0 Å². The van der Waals surface area contributed by atoms with Gasteiger partial charge in [0, 0.05) is 0 Å². The molecule has 0 aliphatic carbocycles. The van der Waals surface area contributed by atoms with Crippen LogP contribution >= 0.6 is 34.8 Å². The lowest BCUT2D eigenvalue weighted by molar-refractivity contribution is 0.601. The maximum Gasteiger partial charge on any atom is 0.263 e. The van der Waals surface area contributed by atoms with Crippen LogP contribution in [0, 0.1) is 0 Å². The third-order valence-electron chi connectivity index (χ3n) is 4.11. The largest absolute Gasteiger partial charge is 0.454 e. The summed E-state index contributed by atoms with van der Waals surface area (Å²) in [6, 6.07) is 13.7. The summed E-state index contributed by atoms with van der Waals surface area (Å²) in [7, 11) is -4.13. The lowest BCUT2D eigenvalue weighted by Gasteiger charge is -2.12. The van der Waals surface area contributed by atoms with Gasteiger partial charge in [-0.3, -0.25) is 9.52 Å². The molecule has 0 atom stereocenters. The second kappa shape index (κ2) is 6.97. The zero-order chi connectivity index (χ0) is 20.1. The molecular formula is C19H10Cl3NO4S. The molecule has 0 fully saturated rings. The van der Waals surface area contributed by atoms with Crippen LogP contribution in [0.5, 0.6) is 0 Å². The standard InChI is InChI=1S/C19H10Cl3NO4S/c20-12-8-14(22)17(9-13(12)21)28(25,26)23-15-6-3-5-11-18(24)10-4-1-2-7-16(10)27-19(11)15/h1-9,23H. The van der Waals surface area contributed by atoms with Crippen molar-refractivity contribution in [1.29, 1.82) is 0 Å². The van der Waals surface area contributed by atoms with E-state index in [1.54, 1.807) is 36.4 Å². The summed E-state index contributed by atoms with van der Waals surface area (Å²) < 4.78 is 33.9. The van der Waals surface area contributed by atoms with E-state index in [2.05, 4.69) is 4.72 Å². The van der Waals surface area contributed by atoms with E-state index in [1.807, 2.05) is 0 Å². The van der Waals surface area contributed by atoms with Crippen LogP contribution in [0.3, 0.4) is 0 Å². The van der Waals surface area contributed by atoms with Crippen molar-refractivity contribution in [3.05, 3.63) is 79.9 Å². The molecule has 4 aromatic rings. The average Bonchev–Trinajstić information content (AvgIpc) is 2.65. The SMILES string of the molecule is O=c1c2ccccc2oc2c(NS(=O)(=O)c3cc(Cl)c(Cl)cc3Cl)cccc12. The van der Waals surface area contributed by atoms with Gasteiger partial charge in [0.2, 0.25) is 5.43 Å². The van der Waals surface area contributed by atoms with Crippen LogP contribution in [0.2, 0.25) is 15.1 Å². The van der Waals surface area contributed by atoms with Crippen molar-refractivity contribution < 1.29 is 12.8 Å². The number of hydrogen-bond donors (Lipinski definition) is 1. The monoisotopic (exact) mass is 453 g/mol. The summed E-state index contributed by atoms with van der Waals surface area (Å²) in [6.45, 7) is 0. The Morgan fingerprint density at radius 3 is 2.29 bits per heavy atom. The first-order valence-electron chi connectivity index (χ1n) is 7.90. The number of halogens is 3. The highest BCUT2D eigenvalue weighted by atomic mass is 35.5. The Labute approximate surface area is 174 Å². The van der Waals surface area contributed by atoms with Gasteiger partial charge in [-0.05, 0) is 36.4 Å². The summed E-state index contributed by atoms with van der Waals surface area (Å²) in [5.41, 5.74) is 0.304. The van der Waals surface area contributed by atoms with E-state index in [0.29, 0.717) is 11.0 Å². The smallest absolute Gasteiger partial charge is 0.263 e. The van der Waals surface area contributed by atoms with Crippen molar-refractivity contribution in [3.8, 4) is 0 Å². The molecule has 0 saturated heterocycles. The normalized spacial score (nSPS) is 11.8. The number of sulfonamides is 1. The first-order chi connectivity index (χ1) is 13.3. The highest BCUT2D eigenvalue weighted by molar-refractivity contribution is 7.92. The van der Waals surface area contributed by atoms with Gasteiger partial charge in [-0.1, -0.05) is 53.0 Å². The fourth-order valence-electron chi connectivity index (χ4n) is 2.81. The molecule has 3 aromatic carbocycles. The third kappa shape index (κ3) is 3.22. The molecule has 0 aliphatic rings. The van der Waals surface area contributed by atoms with E-state index in [-0.39, 0.29) is 42.0 Å². The van der Waals surface area contributed by atoms with Gasteiger partial charge in [-0.25, -0.2) is 8.42 Å². The fourth-order valence-corrected chi connectivity index (χ4v) is 4.88. The van der Waals surface area contributed by atoms with Crippen molar-refractivity contribution in [2.45, 2.75) is 4.90 Å². The molecule has 0 amide bonds. The highest BCUT2D eigenvalue weighted by Crippen LogP contribution is 2.33. The van der Waals surface area contributed by atoms with E-state index in [0.717, 1.165) is 6.07 Å². The van der Waals surface area contributed by atoms with Crippen LogP contribution in [0.4, 0.5) is 5.69 Å². The topological polar surface area (TPSA) is 76.4 Å². The Kier molecular flexibility index (Phi) is 4.75. The number of anilines is 1. The molecule has 0 radical (unpaired) electrons. The van der Waals surface area contributed by atoms with Gasteiger partial charge in [0.05, 0.1) is 31.5 Å². The Hall–Kier alpha value is -2.25. The second-order valence-electron chi connectivity index (χ2n) is 5.91. The van der Waals surface area contributed by atoms with Crippen molar-refractivity contribution in [3.63, 3.8) is 0 Å². The predicted octanol–water partition coefficient (Wildman–Crippen LogP) is 5.71. The molecule has 1 heterocycles. The Balaban J connectivity index is 1.91. The van der Waals surface area contributed by atoms with Gasteiger partial charge in [0.15, 0.2) is 5.58 Å². The molecule has 0 bridgehead atoms. The summed E-state index contributed by atoms with van der Waals surface area (Å²) in [5.74, 6) is 0. The van der Waals surface area contributed by atoms with Crippen LogP contribution < -0.4 is 10.2 Å². The molecular weight excluding hydrogens is 445 g/mol. The van der Waals surface area contributed by atoms with Gasteiger partial charge in [0.25, 0.3) is 10.0 Å². The molecule has 0 aliphatic heterocycles. The Morgan fingerprint density at radius 2 is 1.50 bits per heavy atom. The van der Waals surface area contributed by atoms with E-state index >= 15 is 0 Å². The van der Waals surface area contributed by atoms with Gasteiger partial charge in [-0.2, -0.15) is 0 Å². The van der Waals surface area contributed by atoms with E-state index in [9.17, 15) is 13.2 Å². The summed E-state index contributed by atoms with van der Waals surface area (Å²) >= 11 is 17.8. The van der Waals surface area contributed by atoms with Crippen LogP contribution in [0.15, 0.2) is 68.7 Å². The summed E-state index contributed by atoms with van der Waals surface area (Å²) in [4.78, 5) is 12.5. The molecule has 9 heteroatoms. The van der Waals surface area contributed by atoms with Gasteiger partial charge in [-0.15, -0.1) is 0 Å². The second-order valence-corrected chi connectivity index (χ2v) is 8.78. The molecule has 0 saturated carbocycles. The maximum absolute atomic E-state index is 12.9. The van der Waals surface area contributed by atoms with E-state index < -0.39 is 10.0 Å². The molecule has 4 rings (SSSR count). The third-order valence-corrected chi connectivity index (χ3v) is 6.66. The molecule has 1 N–H and O–H groups in total. The van der Waals surface area contributed by atoms with Crippen molar-refractivity contribution in [2.24, 2.45) is 0 Å². The van der Waals surface area contributed by atoms with E-state index in [4.69, 9.17) is 39.2 Å². The Bertz CT molecular complexity index is 1410. The first kappa shape index (κ1) is 19.1. The number of fused-ring (bicyclic) bond motifs is 2. The van der Waals surface area contributed by atoms with Crippen LogP contribution in [0.1, 0.15) is 0 Å². The molecule has 1 aromatic heterocycles. The number of para-hydroxylation sites is 2. The first-order valence-corrected chi connectivity index (χ1v) is 10.5. The average molecular weight is 455 g/mol. The summed E-state index contributed by atoms with van der Waals surface area (Å²) in [6.07, 6.45) is 0. The lowest BCUT2D eigenvalue weighted by Crippen LogP contribution is -2.14. The Morgan fingerprint density at radius 1 is 0.821 bits per heavy atom. The number of hydrogen-bond acceptors (Lipinski definition) is 4. The predicted molar refractivity (Wildman–Crippen MR) is 112 cm³/mol. The minimum atomic E-state index is -4.13. The van der Waals surface area contributed by atoms with Crippen LogP contribution in [0.25, 0.3) is 21.9 Å². The van der Waals surface area contributed by atoms with Crippen LogP contribution in [-0.2, 0) is 10.0 Å². The highest BCUT2D eigenvalue weighted by Gasteiger charge is 2.22. The zero-order valence-corrected chi connectivity index (χ0v) is 17.0. The zero-order valence-electron chi connectivity index (χ0n) is 13.9. The van der Waals surface area contributed by atoms with Crippen molar-refractivity contribution in [2.75, 3.05) is 4.72 Å². The van der Waals surface area contributed by atoms with E-state index in [1.165, 1.54) is 12.1 Å². The molecule has 5 nitrogen and oxygen atoms in total. The fraction of sp³-hybridized carbons (Fsp3) is 0. The van der Waals surface area contributed by atoms with Crippen molar-refractivity contribution >= 4 is 72.5 Å². The van der Waals surface area contributed by atoms with Gasteiger partial charge < -0.3 is 4.42 Å². The quantitative estimate of drug-likeness (QED) is 0.318. The van der Waals surface area contributed by atoms with Gasteiger partial charge >= 0.3 is 0 Å². The minimum Gasteiger partial charge on any atom is -0.454 e. The number of benzene rings is 3. The number of rotatable bonds is 3. The molecule has 0 unspecified atom stereocenters. The van der Waals surface area contributed by atoms with Crippen LogP contribution in [-0.4, -0.2) is 8.42 Å². The molecule has 0 spiro atoms. The lowest BCUT2D eigenvalue weighted by atomic mass is 10.1. The van der Waals surface area contributed by atoms with Gasteiger partial charge in [0.1, 0.15) is 10.5 Å². The maximum atomic E-state index is 12.9.